The molecule has 2 fully saturated rings. The maximum absolute atomic E-state index is 13.3. The van der Waals surface area contributed by atoms with E-state index in [9.17, 15) is 14.7 Å². The zero-order chi connectivity index (χ0) is 25.7. The van der Waals surface area contributed by atoms with E-state index in [-0.39, 0.29) is 11.3 Å². The fourth-order valence-electron chi connectivity index (χ4n) is 4.64. The number of aryl methyl sites for hydroxylation is 1. The van der Waals surface area contributed by atoms with Gasteiger partial charge in [0, 0.05) is 31.7 Å². The number of carbonyl (C=O) groups is 2. The highest BCUT2D eigenvalue weighted by molar-refractivity contribution is 6.46. The summed E-state index contributed by atoms with van der Waals surface area (Å²) >= 11 is 0. The molecular weight excluding hydrogens is 460 g/mol. The Morgan fingerprint density at radius 1 is 0.972 bits per heavy atom. The molecule has 0 bridgehead atoms. The Kier molecular flexibility index (Phi) is 8.28. The van der Waals surface area contributed by atoms with Gasteiger partial charge in [-0.15, -0.1) is 0 Å². The number of hydrogen-bond donors (Lipinski definition) is 1. The van der Waals surface area contributed by atoms with Gasteiger partial charge < -0.3 is 24.2 Å². The number of carbonyl (C=O) groups excluding carboxylic acids is 2. The largest absolute Gasteiger partial charge is 0.507 e. The Bertz CT molecular complexity index is 1120. The topological polar surface area (TPSA) is 88.5 Å². The van der Waals surface area contributed by atoms with Crippen molar-refractivity contribution >= 4 is 17.4 Å². The van der Waals surface area contributed by atoms with Gasteiger partial charge in [-0.05, 0) is 38.5 Å². The number of rotatable bonds is 9. The Labute approximate surface area is 212 Å². The number of ether oxygens (including phenoxy) is 3. The molecule has 2 aliphatic heterocycles. The molecule has 0 spiro atoms. The SMILES string of the molecule is CCOc1ccc([C@@H]2C(=C(O)c3ccc(C)cc3)C(=O)C(=O)N2CCN2CCOCC2)cc1OCC. The van der Waals surface area contributed by atoms with Crippen LogP contribution in [0.3, 0.4) is 0 Å². The quantitative estimate of drug-likeness (QED) is 0.324. The minimum Gasteiger partial charge on any atom is -0.507 e. The van der Waals surface area contributed by atoms with Crippen LogP contribution in [-0.2, 0) is 14.3 Å². The monoisotopic (exact) mass is 494 g/mol. The van der Waals surface area contributed by atoms with Crippen molar-refractivity contribution in [3.63, 3.8) is 0 Å². The molecule has 2 aromatic carbocycles. The molecule has 1 amide bonds. The summed E-state index contributed by atoms with van der Waals surface area (Å²) in [6.45, 7) is 10.4. The second-order valence-corrected chi connectivity index (χ2v) is 8.88. The highest BCUT2D eigenvalue weighted by atomic mass is 16.5. The van der Waals surface area contributed by atoms with Crippen LogP contribution < -0.4 is 9.47 Å². The lowest BCUT2D eigenvalue weighted by molar-refractivity contribution is -0.140. The molecule has 2 aromatic rings. The number of aliphatic hydroxyl groups excluding tert-OH is 1. The second-order valence-electron chi connectivity index (χ2n) is 8.88. The third kappa shape index (κ3) is 5.39. The van der Waals surface area contributed by atoms with E-state index < -0.39 is 17.7 Å². The Balaban J connectivity index is 1.77. The normalized spacial score (nSPS) is 20.1. The highest BCUT2D eigenvalue weighted by Crippen LogP contribution is 2.42. The van der Waals surface area contributed by atoms with Gasteiger partial charge >= 0.3 is 0 Å². The lowest BCUT2D eigenvalue weighted by Crippen LogP contribution is -2.42. The van der Waals surface area contributed by atoms with E-state index in [1.807, 2.05) is 39.0 Å². The zero-order valence-corrected chi connectivity index (χ0v) is 21.2. The molecule has 0 aliphatic carbocycles. The van der Waals surface area contributed by atoms with Crippen molar-refractivity contribution in [2.24, 2.45) is 0 Å². The van der Waals surface area contributed by atoms with Crippen LogP contribution in [0.4, 0.5) is 0 Å². The summed E-state index contributed by atoms with van der Waals surface area (Å²) in [6, 6.07) is 11.9. The Hall–Kier alpha value is -3.36. The first-order valence-corrected chi connectivity index (χ1v) is 12.5. The van der Waals surface area contributed by atoms with E-state index >= 15 is 0 Å². The lowest BCUT2D eigenvalue weighted by atomic mass is 9.94. The molecule has 2 saturated heterocycles. The van der Waals surface area contributed by atoms with E-state index in [0.717, 1.165) is 18.7 Å². The number of ketones is 1. The summed E-state index contributed by atoms with van der Waals surface area (Å²) in [5, 5.41) is 11.3. The summed E-state index contributed by atoms with van der Waals surface area (Å²) in [5.74, 6) is -0.363. The molecule has 1 atom stereocenters. The molecule has 2 aliphatic rings. The van der Waals surface area contributed by atoms with Gasteiger partial charge in [-0.25, -0.2) is 0 Å². The Morgan fingerprint density at radius 2 is 1.64 bits per heavy atom. The minimum atomic E-state index is -0.748. The molecule has 192 valence electrons. The van der Waals surface area contributed by atoms with Crippen molar-refractivity contribution in [1.29, 1.82) is 0 Å². The lowest BCUT2D eigenvalue weighted by Gasteiger charge is -2.31. The van der Waals surface area contributed by atoms with E-state index in [1.165, 1.54) is 0 Å². The number of morpholine rings is 1. The van der Waals surface area contributed by atoms with Crippen LogP contribution in [0.25, 0.3) is 5.76 Å². The number of aliphatic hydroxyl groups is 1. The number of likely N-dealkylation sites (tertiary alicyclic amines) is 1. The van der Waals surface area contributed by atoms with Crippen LogP contribution in [0, 0.1) is 6.92 Å². The summed E-state index contributed by atoms with van der Waals surface area (Å²) in [7, 11) is 0. The molecule has 8 heteroatoms. The predicted octanol–water partition coefficient (Wildman–Crippen LogP) is 3.55. The van der Waals surface area contributed by atoms with Crippen LogP contribution in [0.15, 0.2) is 48.0 Å². The number of nitrogens with zero attached hydrogens (tertiary/aromatic N) is 2. The van der Waals surface area contributed by atoms with Crippen molar-refractivity contribution in [2.75, 3.05) is 52.6 Å². The molecule has 0 unspecified atom stereocenters. The molecule has 0 aromatic heterocycles. The molecule has 36 heavy (non-hydrogen) atoms. The highest BCUT2D eigenvalue weighted by Gasteiger charge is 2.46. The van der Waals surface area contributed by atoms with Gasteiger partial charge in [0.1, 0.15) is 5.76 Å². The van der Waals surface area contributed by atoms with Crippen LogP contribution >= 0.6 is 0 Å². The van der Waals surface area contributed by atoms with Gasteiger partial charge in [-0.2, -0.15) is 0 Å². The van der Waals surface area contributed by atoms with E-state index in [1.54, 1.807) is 29.2 Å². The van der Waals surface area contributed by atoms with Crippen molar-refractivity contribution in [1.82, 2.24) is 9.80 Å². The third-order valence-electron chi connectivity index (χ3n) is 6.51. The first-order chi connectivity index (χ1) is 17.4. The van der Waals surface area contributed by atoms with Gasteiger partial charge in [0.25, 0.3) is 11.7 Å². The summed E-state index contributed by atoms with van der Waals surface area (Å²) in [6.07, 6.45) is 0. The van der Waals surface area contributed by atoms with E-state index in [4.69, 9.17) is 14.2 Å². The van der Waals surface area contributed by atoms with Crippen LogP contribution in [0.1, 0.15) is 36.6 Å². The summed E-state index contributed by atoms with van der Waals surface area (Å²) < 4.78 is 16.9. The number of benzene rings is 2. The molecule has 1 N–H and O–H groups in total. The summed E-state index contributed by atoms with van der Waals surface area (Å²) in [5.41, 5.74) is 2.28. The Morgan fingerprint density at radius 3 is 2.31 bits per heavy atom. The molecule has 0 saturated carbocycles. The maximum Gasteiger partial charge on any atom is 0.295 e. The van der Waals surface area contributed by atoms with Crippen LogP contribution in [-0.4, -0.2) is 79.2 Å². The van der Waals surface area contributed by atoms with Crippen LogP contribution in [0.5, 0.6) is 11.5 Å². The first kappa shape index (κ1) is 25.7. The average Bonchev–Trinajstić information content (AvgIpc) is 3.14. The van der Waals surface area contributed by atoms with Gasteiger partial charge in [0.15, 0.2) is 11.5 Å². The molecule has 2 heterocycles. The van der Waals surface area contributed by atoms with Crippen molar-refractivity contribution < 1.29 is 28.9 Å². The fourth-order valence-corrected chi connectivity index (χ4v) is 4.64. The number of amides is 1. The van der Waals surface area contributed by atoms with Crippen LogP contribution in [0.2, 0.25) is 0 Å². The van der Waals surface area contributed by atoms with E-state index in [2.05, 4.69) is 4.90 Å². The minimum absolute atomic E-state index is 0.0810. The third-order valence-corrected chi connectivity index (χ3v) is 6.51. The fraction of sp³-hybridized carbons (Fsp3) is 0.429. The predicted molar refractivity (Wildman–Crippen MR) is 136 cm³/mol. The zero-order valence-electron chi connectivity index (χ0n) is 21.2. The van der Waals surface area contributed by atoms with Gasteiger partial charge in [-0.3, -0.25) is 14.5 Å². The van der Waals surface area contributed by atoms with Gasteiger partial charge in [-0.1, -0.05) is 35.9 Å². The van der Waals surface area contributed by atoms with Crippen molar-refractivity contribution in [3.05, 3.63) is 64.7 Å². The first-order valence-electron chi connectivity index (χ1n) is 12.5. The number of hydrogen-bond acceptors (Lipinski definition) is 7. The van der Waals surface area contributed by atoms with Crippen molar-refractivity contribution in [2.45, 2.75) is 26.8 Å². The number of Topliss-reactive ketones (excluding diaryl/α,β-unsaturated/α-hetero) is 1. The molecule has 0 radical (unpaired) electrons. The van der Waals surface area contributed by atoms with Gasteiger partial charge in [0.2, 0.25) is 0 Å². The second kappa shape index (κ2) is 11.6. The standard InChI is InChI=1S/C28H34N2O6/c1-4-35-22-11-10-21(18-23(22)36-5-2)25-24(26(31)20-8-6-19(3)7-9-20)27(32)28(33)30(25)13-12-29-14-16-34-17-15-29/h6-11,18,25,31H,4-5,12-17H2,1-3H3/t25-/m1/s1. The average molecular weight is 495 g/mol. The molecule has 4 rings (SSSR count). The smallest absolute Gasteiger partial charge is 0.295 e. The molecule has 8 nitrogen and oxygen atoms in total. The van der Waals surface area contributed by atoms with Crippen molar-refractivity contribution in [3.8, 4) is 11.5 Å². The van der Waals surface area contributed by atoms with Gasteiger partial charge in [0.05, 0.1) is 38.0 Å². The summed E-state index contributed by atoms with van der Waals surface area (Å²) in [4.78, 5) is 30.4. The molecular formula is C28H34N2O6. The maximum atomic E-state index is 13.3. The van der Waals surface area contributed by atoms with E-state index in [0.29, 0.717) is 62.1 Å².